The maximum absolute atomic E-state index is 6.28. The van der Waals surface area contributed by atoms with Crippen LogP contribution in [0.1, 0.15) is 18.4 Å². The van der Waals surface area contributed by atoms with E-state index in [4.69, 9.17) is 11.6 Å². The average Bonchev–Trinajstić information content (AvgIpc) is 3.14. The van der Waals surface area contributed by atoms with Gasteiger partial charge in [0.1, 0.15) is 0 Å². The molecule has 2 fully saturated rings. The molecule has 1 aromatic carbocycles. The first-order valence-corrected chi connectivity index (χ1v) is 9.02. The number of rotatable bonds is 4. The molecule has 2 aliphatic carbocycles. The van der Waals surface area contributed by atoms with Gasteiger partial charge >= 0.3 is 0 Å². The van der Waals surface area contributed by atoms with Crippen molar-refractivity contribution in [3.63, 3.8) is 0 Å². The van der Waals surface area contributed by atoms with Gasteiger partial charge in [0.25, 0.3) is 0 Å². The molecule has 1 saturated heterocycles. The highest BCUT2D eigenvalue weighted by atomic mass is 35.5. The van der Waals surface area contributed by atoms with Crippen LogP contribution in [0.2, 0.25) is 5.02 Å². The van der Waals surface area contributed by atoms with Crippen LogP contribution in [0, 0.1) is 17.8 Å². The fraction of sp³-hybridized carbons (Fsp3) is 0.579. The number of hydrogen-bond acceptors (Lipinski definition) is 2. The number of piperazine rings is 1. The zero-order chi connectivity index (χ0) is 14.9. The molecule has 118 valence electrons. The van der Waals surface area contributed by atoms with Gasteiger partial charge in [-0.25, -0.2) is 0 Å². The topological polar surface area (TPSA) is 6.48 Å². The molecule has 2 nitrogen and oxygen atoms in total. The second kappa shape index (κ2) is 6.35. The first kappa shape index (κ1) is 14.7. The number of fused-ring (bicyclic) bond motifs is 2. The molecule has 1 heterocycles. The summed E-state index contributed by atoms with van der Waals surface area (Å²) in [6, 6.07) is 8.24. The maximum Gasteiger partial charge on any atom is 0.0451 e. The number of hydrogen-bond donors (Lipinski definition) is 0. The molecule has 1 aliphatic heterocycles. The van der Waals surface area contributed by atoms with Crippen molar-refractivity contribution in [3.8, 4) is 0 Å². The van der Waals surface area contributed by atoms with Gasteiger partial charge in [-0.05, 0) is 42.2 Å². The molecule has 1 saturated carbocycles. The molecule has 0 N–H and O–H groups in total. The van der Waals surface area contributed by atoms with E-state index in [1.807, 2.05) is 12.1 Å². The highest BCUT2D eigenvalue weighted by Gasteiger charge is 2.36. The van der Waals surface area contributed by atoms with Crippen LogP contribution >= 0.6 is 11.6 Å². The summed E-state index contributed by atoms with van der Waals surface area (Å²) in [5.74, 6) is 2.70. The largest absolute Gasteiger partial charge is 0.300 e. The van der Waals surface area contributed by atoms with E-state index in [1.54, 1.807) is 0 Å². The summed E-state index contributed by atoms with van der Waals surface area (Å²) in [6.07, 6.45) is 7.79. The van der Waals surface area contributed by atoms with Gasteiger partial charge in [0.05, 0.1) is 0 Å². The van der Waals surface area contributed by atoms with Crippen molar-refractivity contribution in [2.45, 2.75) is 19.4 Å². The number of halogens is 1. The van der Waals surface area contributed by atoms with Crippen molar-refractivity contribution in [1.29, 1.82) is 0 Å². The minimum atomic E-state index is 0.881. The van der Waals surface area contributed by atoms with Crippen LogP contribution in [0.25, 0.3) is 0 Å². The van der Waals surface area contributed by atoms with Crippen molar-refractivity contribution in [1.82, 2.24) is 9.80 Å². The average molecular weight is 317 g/mol. The molecular formula is C19H25ClN2. The van der Waals surface area contributed by atoms with Crippen LogP contribution in [0.3, 0.4) is 0 Å². The Hall–Kier alpha value is -0.830. The van der Waals surface area contributed by atoms with Crippen molar-refractivity contribution >= 4 is 11.6 Å². The maximum atomic E-state index is 6.28. The smallest absolute Gasteiger partial charge is 0.0451 e. The number of nitrogens with zero attached hydrogens (tertiary/aromatic N) is 2. The third-order valence-electron chi connectivity index (χ3n) is 5.73. The van der Waals surface area contributed by atoms with Gasteiger partial charge < -0.3 is 4.90 Å². The Morgan fingerprint density at radius 2 is 1.73 bits per heavy atom. The first-order valence-electron chi connectivity index (χ1n) is 8.64. The van der Waals surface area contributed by atoms with Gasteiger partial charge in [-0.3, -0.25) is 4.90 Å². The molecule has 0 amide bonds. The third-order valence-corrected chi connectivity index (χ3v) is 6.09. The molecule has 3 aliphatic rings. The predicted octanol–water partition coefficient (Wildman–Crippen LogP) is 3.67. The molecular weight excluding hydrogens is 292 g/mol. The Kier molecular flexibility index (Phi) is 4.25. The summed E-state index contributed by atoms with van der Waals surface area (Å²) in [7, 11) is 0. The van der Waals surface area contributed by atoms with E-state index in [9.17, 15) is 0 Å². The highest BCUT2D eigenvalue weighted by molar-refractivity contribution is 6.31. The molecule has 4 rings (SSSR count). The lowest BCUT2D eigenvalue weighted by molar-refractivity contribution is 0.108. The summed E-state index contributed by atoms with van der Waals surface area (Å²) in [4.78, 5) is 5.22. The van der Waals surface area contributed by atoms with E-state index in [-0.39, 0.29) is 0 Å². The van der Waals surface area contributed by atoms with Gasteiger partial charge in [0, 0.05) is 44.3 Å². The van der Waals surface area contributed by atoms with Crippen molar-refractivity contribution in [2.75, 3.05) is 32.7 Å². The quantitative estimate of drug-likeness (QED) is 0.782. The Morgan fingerprint density at radius 1 is 0.955 bits per heavy atom. The van der Waals surface area contributed by atoms with E-state index in [0.717, 1.165) is 29.3 Å². The summed E-state index contributed by atoms with van der Waals surface area (Å²) in [5.41, 5.74) is 1.26. The standard InChI is InChI=1S/C19H25ClN2/c20-19-4-2-1-3-17(19)13-21-7-9-22(10-8-21)14-18-12-15-5-6-16(18)11-15/h1-6,15-16,18H,7-14H2/t15-,16-,18+/m1/s1. The van der Waals surface area contributed by atoms with Gasteiger partial charge in [0.15, 0.2) is 0 Å². The predicted molar refractivity (Wildman–Crippen MR) is 92.0 cm³/mol. The molecule has 0 aromatic heterocycles. The van der Waals surface area contributed by atoms with Gasteiger partial charge in [0.2, 0.25) is 0 Å². The summed E-state index contributed by atoms with van der Waals surface area (Å²) in [6.45, 7) is 7.06. The SMILES string of the molecule is Clc1ccccc1CN1CCN(C[C@@H]2C[C@@H]3C=C[C@@H]2C3)CC1. The minimum absolute atomic E-state index is 0.881. The molecule has 2 bridgehead atoms. The van der Waals surface area contributed by atoms with E-state index in [1.165, 1.54) is 51.1 Å². The Balaban J connectivity index is 1.26. The first-order chi connectivity index (χ1) is 10.8. The van der Waals surface area contributed by atoms with E-state index in [0.29, 0.717) is 0 Å². The van der Waals surface area contributed by atoms with Crippen LogP contribution < -0.4 is 0 Å². The van der Waals surface area contributed by atoms with Crippen LogP contribution in [-0.4, -0.2) is 42.5 Å². The van der Waals surface area contributed by atoms with E-state index < -0.39 is 0 Å². The summed E-state index contributed by atoms with van der Waals surface area (Å²) >= 11 is 6.28. The lowest BCUT2D eigenvalue weighted by Crippen LogP contribution is -2.47. The fourth-order valence-electron chi connectivity index (χ4n) is 4.43. The van der Waals surface area contributed by atoms with Crippen molar-refractivity contribution in [3.05, 3.63) is 47.0 Å². The van der Waals surface area contributed by atoms with Crippen LogP contribution in [-0.2, 0) is 6.54 Å². The number of benzene rings is 1. The van der Waals surface area contributed by atoms with Crippen LogP contribution in [0.4, 0.5) is 0 Å². The van der Waals surface area contributed by atoms with Gasteiger partial charge in [-0.1, -0.05) is 42.0 Å². The summed E-state index contributed by atoms with van der Waals surface area (Å²) in [5, 5.41) is 0.902. The second-order valence-corrected chi connectivity index (χ2v) is 7.62. The Labute approximate surface area is 138 Å². The van der Waals surface area contributed by atoms with Gasteiger partial charge in [-0.2, -0.15) is 0 Å². The van der Waals surface area contributed by atoms with E-state index in [2.05, 4.69) is 34.1 Å². The third kappa shape index (κ3) is 3.10. The zero-order valence-corrected chi connectivity index (χ0v) is 13.9. The molecule has 3 heteroatoms. The summed E-state index contributed by atoms with van der Waals surface area (Å²) < 4.78 is 0. The number of allylic oxidation sites excluding steroid dienone is 2. The zero-order valence-electron chi connectivity index (χ0n) is 13.1. The molecule has 22 heavy (non-hydrogen) atoms. The monoisotopic (exact) mass is 316 g/mol. The van der Waals surface area contributed by atoms with Crippen molar-refractivity contribution < 1.29 is 0 Å². The normalized spacial score (nSPS) is 32.0. The molecule has 3 atom stereocenters. The van der Waals surface area contributed by atoms with Crippen LogP contribution in [0.5, 0.6) is 0 Å². The highest BCUT2D eigenvalue weighted by Crippen LogP contribution is 2.43. The van der Waals surface area contributed by atoms with E-state index >= 15 is 0 Å². The molecule has 0 spiro atoms. The molecule has 1 aromatic rings. The minimum Gasteiger partial charge on any atom is -0.300 e. The Morgan fingerprint density at radius 3 is 2.41 bits per heavy atom. The fourth-order valence-corrected chi connectivity index (χ4v) is 4.63. The van der Waals surface area contributed by atoms with Crippen LogP contribution in [0.15, 0.2) is 36.4 Å². The van der Waals surface area contributed by atoms with Gasteiger partial charge in [-0.15, -0.1) is 0 Å². The second-order valence-electron chi connectivity index (χ2n) is 7.21. The lowest BCUT2D eigenvalue weighted by atomic mass is 9.93. The lowest BCUT2D eigenvalue weighted by Gasteiger charge is -2.37. The Bertz CT molecular complexity index is 548. The van der Waals surface area contributed by atoms with Crippen molar-refractivity contribution in [2.24, 2.45) is 17.8 Å². The molecule has 0 unspecified atom stereocenters. The molecule has 0 radical (unpaired) electrons.